The van der Waals surface area contributed by atoms with Crippen LogP contribution < -0.4 is 5.32 Å². The molecule has 1 N–H and O–H groups in total. The SMILES string of the molecule is CC(c1cncs1)N(C)C1CCCNCC1. The molecule has 2 rings (SSSR count). The number of rotatable bonds is 3. The van der Waals surface area contributed by atoms with Gasteiger partial charge in [0.1, 0.15) is 0 Å². The molecule has 0 radical (unpaired) electrons. The molecule has 1 aromatic rings. The van der Waals surface area contributed by atoms with Crippen molar-refractivity contribution in [2.24, 2.45) is 0 Å². The van der Waals surface area contributed by atoms with Gasteiger partial charge in [0.05, 0.1) is 5.51 Å². The van der Waals surface area contributed by atoms with Crippen LogP contribution >= 0.6 is 11.3 Å². The number of nitrogens with zero attached hydrogens (tertiary/aromatic N) is 2. The number of hydrogen-bond donors (Lipinski definition) is 1. The summed E-state index contributed by atoms with van der Waals surface area (Å²) in [5.41, 5.74) is 1.92. The van der Waals surface area contributed by atoms with E-state index in [4.69, 9.17) is 0 Å². The van der Waals surface area contributed by atoms with E-state index in [1.54, 1.807) is 11.3 Å². The van der Waals surface area contributed by atoms with E-state index in [0.29, 0.717) is 12.1 Å². The molecule has 0 saturated carbocycles. The van der Waals surface area contributed by atoms with Crippen LogP contribution in [0.15, 0.2) is 11.7 Å². The minimum atomic E-state index is 0.496. The molecule has 1 saturated heterocycles. The monoisotopic (exact) mass is 239 g/mol. The Morgan fingerprint density at radius 3 is 3.12 bits per heavy atom. The van der Waals surface area contributed by atoms with Crippen molar-refractivity contribution in [2.75, 3.05) is 20.1 Å². The average molecular weight is 239 g/mol. The predicted octanol–water partition coefficient (Wildman–Crippen LogP) is 2.28. The van der Waals surface area contributed by atoms with Crippen molar-refractivity contribution in [3.63, 3.8) is 0 Å². The van der Waals surface area contributed by atoms with Crippen molar-refractivity contribution in [1.29, 1.82) is 0 Å². The van der Waals surface area contributed by atoms with E-state index in [-0.39, 0.29) is 0 Å². The Bertz CT molecular complexity index is 291. The summed E-state index contributed by atoms with van der Waals surface area (Å²) in [7, 11) is 2.25. The summed E-state index contributed by atoms with van der Waals surface area (Å²) in [6, 6.07) is 1.21. The maximum absolute atomic E-state index is 4.17. The fourth-order valence-corrected chi connectivity index (χ4v) is 3.09. The molecule has 2 atom stereocenters. The summed E-state index contributed by atoms with van der Waals surface area (Å²) in [4.78, 5) is 8.06. The van der Waals surface area contributed by atoms with Crippen molar-refractivity contribution >= 4 is 11.3 Å². The summed E-state index contributed by atoms with van der Waals surface area (Å²) in [5, 5.41) is 3.47. The Morgan fingerprint density at radius 2 is 2.38 bits per heavy atom. The molecule has 1 aromatic heterocycles. The zero-order valence-electron chi connectivity index (χ0n) is 10.1. The average Bonchev–Trinajstić information content (AvgIpc) is 2.70. The highest BCUT2D eigenvalue weighted by atomic mass is 32.1. The summed E-state index contributed by atoms with van der Waals surface area (Å²) in [5.74, 6) is 0. The molecule has 0 aromatic carbocycles. The van der Waals surface area contributed by atoms with Gasteiger partial charge in [-0.05, 0) is 46.3 Å². The Hall–Kier alpha value is -0.450. The maximum atomic E-state index is 4.17. The van der Waals surface area contributed by atoms with Gasteiger partial charge in [0, 0.05) is 23.2 Å². The van der Waals surface area contributed by atoms with Gasteiger partial charge in [-0.1, -0.05) is 0 Å². The minimum absolute atomic E-state index is 0.496. The number of thiazole rings is 1. The van der Waals surface area contributed by atoms with Crippen LogP contribution in [-0.4, -0.2) is 36.1 Å². The van der Waals surface area contributed by atoms with E-state index < -0.39 is 0 Å². The Labute approximate surface area is 102 Å². The second-order valence-electron chi connectivity index (χ2n) is 4.58. The van der Waals surface area contributed by atoms with E-state index in [0.717, 1.165) is 6.54 Å². The molecule has 1 aliphatic heterocycles. The van der Waals surface area contributed by atoms with Crippen molar-refractivity contribution in [3.05, 3.63) is 16.6 Å². The molecule has 90 valence electrons. The quantitative estimate of drug-likeness (QED) is 0.877. The summed E-state index contributed by atoms with van der Waals surface area (Å²) in [6.45, 7) is 4.62. The highest BCUT2D eigenvalue weighted by molar-refractivity contribution is 7.09. The highest BCUT2D eigenvalue weighted by Crippen LogP contribution is 2.26. The van der Waals surface area contributed by atoms with E-state index in [9.17, 15) is 0 Å². The van der Waals surface area contributed by atoms with Gasteiger partial charge >= 0.3 is 0 Å². The molecule has 3 nitrogen and oxygen atoms in total. The molecule has 16 heavy (non-hydrogen) atoms. The zero-order valence-corrected chi connectivity index (χ0v) is 11.0. The van der Waals surface area contributed by atoms with Crippen molar-refractivity contribution in [1.82, 2.24) is 15.2 Å². The number of hydrogen-bond acceptors (Lipinski definition) is 4. The van der Waals surface area contributed by atoms with E-state index >= 15 is 0 Å². The first kappa shape index (κ1) is 12.0. The molecule has 2 unspecified atom stereocenters. The molecule has 1 fully saturated rings. The van der Waals surface area contributed by atoms with Crippen LogP contribution in [-0.2, 0) is 0 Å². The fraction of sp³-hybridized carbons (Fsp3) is 0.750. The lowest BCUT2D eigenvalue weighted by atomic mass is 10.1. The summed E-state index contributed by atoms with van der Waals surface area (Å²) in [6.07, 6.45) is 5.87. The van der Waals surface area contributed by atoms with Gasteiger partial charge in [0.15, 0.2) is 0 Å². The summed E-state index contributed by atoms with van der Waals surface area (Å²) >= 11 is 1.76. The molecule has 0 amide bonds. The van der Waals surface area contributed by atoms with Crippen LogP contribution in [0.4, 0.5) is 0 Å². The first-order chi connectivity index (χ1) is 7.79. The van der Waals surface area contributed by atoms with Crippen LogP contribution in [0, 0.1) is 0 Å². The standard InChI is InChI=1S/C12H21N3S/c1-10(12-8-14-9-16-12)15(2)11-4-3-6-13-7-5-11/h8-11,13H,3-7H2,1-2H3. The second kappa shape index (κ2) is 5.75. The largest absolute Gasteiger partial charge is 0.317 e. The van der Waals surface area contributed by atoms with E-state index in [2.05, 4.69) is 29.2 Å². The van der Waals surface area contributed by atoms with Crippen LogP contribution in [0.25, 0.3) is 0 Å². The lowest BCUT2D eigenvalue weighted by molar-refractivity contribution is 0.173. The molecular formula is C12H21N3S. The second-order valence-corrected chi connectivity index (χ2v) is 5.50. The van der Waals surface area contributed by atoms with Crippen LogP contribution in [0.5, 0.6) is 0 Å². The van der Waals surface area contributed by atoms with Gasteiger partial charge in [-0.3, -0.25) is 9.88 Å². The number of nitrogens with one attached hydrogen (secondary N) is 1. The molecule has 0 spiro atoms. The molecule has 1 aliphatic rings. The molecule has 0 bridgehead atoms. The van der Waals surface area contributed by atoms with Crippen LogP contribution in [0.3, 0.4) is 0 Å². The first-order valence-corrected chi connectivity index (χ1v) is 6.98. The lowest BCUT2D eigenvalue weighted by Gasteiger charge is -2.31. The molecule has 0 aliphatic carbocycles. The normalized spacial score (nSPS) is 24.3. The highest BCUT2D eigenvalue weighted by Gasteiger charge is 2.22. The Kier molecular flexibility index (Phi) is 4.32. The number of aromatic nitrogens is 1. The summed E-state index contributed by atoms with van der Waals surface area (Å²) < 4.78 is 0. The topological polar surface area (TPSA) is 28.2 Å². The van der Waals surface area contributed by atoms with E-state index in [1.807, 2.05) is 11.7 Å². The molecular weight excluding hydrogens is 218 g/mol. The maximum Gasteiger partial charge on any atom is 0.0794 e. The van der Waals surface area contributed by atoms with Crippen molar-refractivity contribution in [3.8, 4) is 0 Å². The van der Waals surface area contributed by atoms with Gasteiger partial charge in [0.25, 0.3) is 0 Å². The Balaban J connectivity index is 1.97. The van der Waals surface area contributed by atoms with Gasteiger partial charge in [-0.2, -0.15) is 0 Å². The smallest absolute Gasteiger partial charge is 0.0794 e. The minimum Gasteiger partial charge on any atom is -0.317 e. The van der Waals surface area contributed by atoms with Crippen molar-refractivity contribution in [2.45, 2.75) is 38.3 Å². The van der Waals surface area contributed by atoms with Crippen LogP contribution in [0.1, 0.15) is 37.1 Å². The molecule has 2 heterocycles. The third-order valence-electron chi connectivity index (χ3n) is 3.60. The third kappa shape index (κ3) is 2.81. The van der Waals surface area contributed by atoms with Crippen LogP contribution in [0.2, 0.25) is 0 Å². The van der Waals surface area contributed by atoms with Gasteiger partial charge in [-0.25, -0.2) is 0 Å². The predicted molar refractivity (Wildman–Crippen MR) is 68.8 cm³/mol. The third-order valence-corrected chi connectivity index (χ3v) is 4.54. The first-order valence-electron chi connectivity index (χ1n) is 6.10. The molecule has 4 heteroatoms. The Morgan fingerprint density at radius 1 is 1.50 bits per heavy atom. The van der Waals surface area contributed by atoms with Gasteiger partial charge < -0.3 is 5.32 Å². The van der Waals surface area contributed by atoms with Crippen molar-refractivity contribution < 1.29 is 0 Å². The van der Waals surface area contributed by atoms with Gasteiger partial charge in [0.2, 0.25) is 0 Å². The van der Waals surface area contributed by atoms with E-state index in [1.165, 1.54) is 30.7 Å². The zero-order chi connectivity index (χ0) is 11.4. The van der Waals surface area contributed by atoms with Gasteiger partial charge in [-0.15, -0.1) is 11.3 Å². The fourth-order valence-electron chi connectivity index (χ4n) is 2.36. The lowest BCUT2D eigenvalue weighted by Crippen LogP contribution is -2.34.